The molecule has 0 N–H and O–H groups in total. The van der Waals surface area contributed by atoms with Crippen molar-refractivity contribution >= 4 is 38.6 Å². The SMILES string of the molecule is [2H]c1c([2H])c(N(c2c([2H])c([2H])c(-c3c([2H])c([2H])c([2H])c4c([2H])c([2H])c([2H])c([2H])c34)c([2H])c2[2H])c2c([2H])c([2H])c([2H])c3c([2H])c([2H])c([2H])c([2H])c23)c([2H])c([2H])c1-c1ccc(-c2ccccc2)c(-c2ccccc2)c1. The minimum Gasteiger partial charge on any atom is -0.310 e. The number of benzene rings is 9. The standard InChI is InChI=1S/C50H35N/c1-3-13-37(14-4-1)47-34-29-42(35-49(47)40-15-5-2-6-16-40)36-25-30-43(31-26-36)51(50-24-12-20-39-18-8-10-22-48(39)50)44-32-27-41(28-33-44)46-23-11-19-38-17-7-9-21-45(38)46/h1-35H/i7D,8D,9D,10D,11D,12D,17D,18D,19D,20D,21D,22D,23D,24D,25D,26D,27D,28D,30D,31D,32D,33D. The fourth-order valence-electron chi connectivity index (χ4n) is 5.83. The van der Waals surface area contributed by atoms with Crippen molar-refractivity contribution in [2.45, 2.75) is 0 Å². The Hall–Kier alpha value is -6.70. The average Bonchev–Trinajstić information content (AvgIpc) is 3.38. The number of rotatable bonds is 7. The molecule has 9 aromatic rings. The Morgan fingerprint density at radius 3 is 1.53 bits per heavy atom. The van der Waals surface area contributed by atoms with Crippen LogP contribution in [0.1, 0.15) is 30.2 Å². The molecule has 51 heavy (non-hydrogen) atoms. The molecule has 0 unspecified atom stereocenters. The predicted molar refractivity (Wildman–Crippen MR) is 218 cm³/mol. The lowest BCUT2D eigenvalue weighted by molar-refractivity contribution is 1.30. The van der Waals surface area contributed by atoms with Crippen molar-refractivity contribution in [2.75, 3.05) is 4.90 Å². The molecule has 1 heteroatoms. The molecule has 1 nitrogen and oxygen atoms in total. The molecule has 0 aliphatic heterocycles. The van der Waals surface area contributed by atoms with Crippen molar-refractivity contribution in [3.8, 4) is 44.5 Å². The highest BCUT2D eigenvalue weighted by Crippen LogP contribution is 2.41. The fraction of sp³-hybridized carbons (Fsp3) is 0. The number of hydrogen-bond acceptors (Lipinski definition) is 1. The molecular formula is C50H35N. The Bertz CT molecular complexity index is 3810. The summed E-state index contributed by atoms with van der Waals surface area (Å²) in [7, 11) is 0. The fourth-order valence-corrected chi connectivity index (χ4v) is 5.83. The van der Waals surface area contributed by atoms with Gasteiger partial charge in [-0.25, -0.2) is 0 Å². The first-order chi connectivity index (χ1) is 34.5. The van der Waals surface area contributed by atoms with Gasteiger partial charge in [0.25, 0.3) is 0 Å². The van der Waals surface area contributed by atoms with Gasteiger partial charge in [0.15, 0.2) is 0 Å². The smallest absolute Gasteiger partial charge is 0.0645 e. The van der Waals surface area contributed by atoms with Gasteiger partial charge in [-0.05, 0) is 96.9 Å². The molecule has 9 aromatic carbocycles. The summed E-state index contributed by atoms with van der Waals surface area (Å²) in [6.07, 6.45) is 0. The summed E-state index contributed by atoms with van der Waals surface area (Å²) >= 11 is 0. The van der Waals surface area contributed by atoms with Gasteiger partial charge in [-0.2, -0.15) is 0 Å². The molecule has 0 aliphatic carbocycles. The van der Waals surface area contributed by atoms with E-state index in [1.54, 1.807) is 18.2 Å². The van der Waals surface area contributed by atoms with Gasteiger partial charge in [-0.15, -0.1) is 0 Å². The summed E-state index contributed by atoms with van der Waals surface area (Å²) in [6, 6.07) is 3.74. The van der Waals surface area contributed by atoms with Gasteiger partial charge in [-0.3, -0.25) is 0 Å². The molecular weight excluding hydrogens is 615 g/mol. The molecule has 0 spiro atoms. The number of hydrogen-bond donors (Lipinski definition) is 0. The van der Waals surface area contributed by atoms with Crippen molar-refractivity contribution in [3.05, 3.63) is 212 Å². The lowest BCUT2D eigenvalue weighted by Crippen LogP contribution is -2.10. The van der Waals surface area contributed by atoms with E-state index in [-0.39, 0.29) is 11.1 Å². The van der Waals surface area contributed by atoms with Gasteiger partial charge in [0, 0.05) is 16.8 Å². The summed E-state index contributed by atoms with van der Waals surface area (Å²) in [5, 5.41) is -2.47. The van der Waals surface area contributed by atoms with E-state index in [2.05, 4.69) is 0 Å². The molecule has 0 aliphatic rings. The van der Waals surface area contributed by atoms with Crippen LogP contribution in [0.25, 0.3) is 66.1 Å². The van der Waals surface area contributed by atoms with E-state index >= 15 is 0 Å². The van der Waals surface area contributed by atoms with Crippen LogP contribution in [0.3, 0.4) is 0 Å². The first-order valence-corrected chi connectivity index (χ1v) is 15.7. The maximum absolute atomic E-state index is 9.68. The van der Waals surface area contributed by atoms with E-state index in [1.807, 2.05) is 60.7 Å². The zero-order valence-corrected chi connectivity index (χ0v) is 26.5. The Morgan fingerprint density at radius 2 is 0.863 bits per heavy atom. The van der Waals surface area contributed by atoms with Crippen LogP contribution in [0.15, 0.2) is 212 Å². The number of fused-ring (bicyclic) bond motifs is 2. The highest BCUT2D eigenvalue weighted by atomic mass is 15.1. The first-order valence-electron chi connectivity index (χ1n) is 26.7. The van der Waals surface area contributed by atoms with E-state index < -0.39 is 183 Å². The van der Waals surface area contributed by atoms with Crippen LogP contribution in [0, 0.1) is 0 Å². The van der Waals surface area contributed by atoms with Gasteiger partial charge in [0.1, 0.15) is 0 Å². The van der Waals surface area contributed by atoms with Gasteiger partial charge in [0.05, 0.1) is 35.8 Å². The minimum absolute atomic E-state index is 0.207. The first kappa shape index (κ1) is 15.0. The van der Waals surface area contributed by atoms with Crippen molar-refractivity contribution in [3.63, 3.8) is 0 Å². The Labute approximate surface area is 330 Å². The largest absolute Gasteiger partial charge is 0.310 e. The molecule has 0 fully saturated rings. The molecule has 0 saturated carbocycles. The molecule has 0 saturated heterocycles. The van der Waals surface area contributed by atoms with Gasteiger partial charge >= 0.3 is 0 Å². The number of anilines is 3. The third kappa shape index (κ3) is 5.86. The van der Waals surface area contributed by atoms with Gasteiger partial charge < -0.3 is 4.90 Å². The van der Waals surface area contributed by atoms with E-state index in [9.17, 15) is 12.3 Å². The van der Waals surface area contributed by atoms with Crippen molar-refractivity contribution < 1.29 is 30.2 Å². The normalized spacial score (nSPS) is 17.2. The maximum atomic E-state index is 9.68. The summed E-state index contributed by atoms with van der Waals surface area (Å²) in [4.78, 5) is 0.570. The highest BCUT2D eigenvalue weighted by Gasteiger charge is 2.17. The van der Waals surface area contributed by atoms with Crippen molar-refractivity contribution in [2.24, 2.45) is 0 Å². The maximum Gasteiger partial charge on any atom is 0.0645 e. The second-order valence-corrected chi connectivity index (χ2v) is 11.2. The van der Waals surface area contributed by atoms with Crippen LogP contribution in [0.5, 0.6) is 0 Å². The molecule has 0 aromatic heterocycles. The second kappa shape index (κ2) is 13.3. The lowest BCUT2D eigenvalue weighted by atomic mass is 9.91. The molecule has 0 atom stereocenters. The molecule has 9 rings (SSSR count). The van der Waals surface area contributed by atoms with E-state index in [0.717, 1.165) is 16.7 Å². The monoisotopic (exact) mass is 671 g/mol. The zero-order chi connectivity index (χ0) is 53.1. The Kier molecular flexibility index (Phi) is 3.93. The number of nitrogens with zero attached hydrogens (tertiary/aromatic N) is 1. The minimum atomic E-state index is -1.12. The van der Waals surface area contributed by atoms with E-state index in [4.69, 9.17) is 17.8 Å². The second-order valence-electron chi connectivity index (χ2n) is 11.2. The van der Waals surface area contributed by atoms with Crippen LogP contribution in [-0.4, -0.2) is 0 Å². The highest BCUT2D eigenvalue weighted by molar-refractivity contribution is 6.00. The predicted octanol–water partition coefficient (Wildman–Crippen LogP) is 14.1. The summed E-state index contributed by atoms with van der Waals surface area (Å²) in [5.41, 5.74) is -1.20. The molecule has 0 heterocycles. The van der Waals surface area contributed by atoms with Crippen molar-refractivity contribution in [1.29, 1.82) is 0 Å². The average molecular weight is 672 g/mol. The van der Waals surface area contributed by atoms with Crippen LogP contribution in [0.2, 0.25) is 0 Å². The topological polar surface area (TPSA) is 3.24 Å². The molecule has 0 radical (unpaired) electrons. The van der Waals surface area contributed by atoms with Crippen LogP contribution < -0.4 is 4.90 Å². The zero-order valence-electron chi connectivity index (χ0n) is 48.5. The van der Waals surface area contributed by atoms with Crippen molar-refractivity contribution in [1.82, 2.24) is 0 Å². The van der Waals surface area contributed by atoms with Gasteiger partial charge in [-0.1, -0.05) is 176 Å². The molecule has 0 amide bonds. The van der Waals surface area contributed by atoms with Crippen LogP contribution >= 0.6 is 0 Å². The van der Waals surface area contributed by atoms with Gasteiger partial charge in [0.2, 0.25) is 0 Å². The van der Waals surface area contributed by atoms with Crippen LogP contribution in [-0.2, 0) is 0 Å². The Balaban J connectivity index is 1.42. The Morgan fingerprint density at radius 1 is 0.333 bits per heavy atom. The lowest BCUT2D eigenvalue weighted by Gasteiger charge is -2.27. The molecule has 0 bridgehead atoms. The summed E-state index contributed by atoms with van der Waals surface area (Å²) in [5.74, 6) is 0. The third-order valence-electron chi connectivity index (χ3n) is 8.23. The summed E-state index contributed by atoms with van der Waals surface area (Å²) in [6.45, 7) is 0. The van der Waals surface area contributed by atoms with Crippen LogP contribution in [0.4, 0.5) is 17.1 Å². The quantitative estimate of drug-likeness (QED) is 0.163. The van der Waals surface area contributed by atoms with E-state index in [1.165, 1.54) is 0 Å². The summed E-state index contributed by atoms with van der Waals surface area (Å²) < 4.78 is 199. The van der Waals surface area contributed by atoms with E-state index in [0.29, 0.717) is 10.5 Å². The third-order valence-corrected chi connectivity index (χ3v) is 8.23. The molecule has 240 valence electrons.